The van der Waals surface area contributed by atoms with Crippen LogP contribution in [0.4, 0.5) is 0 Å². The molecule has 0 fully saturated rings. The van der Waals surface area contributed by atoms with Crippen molar-refractivity contribution in [3.8, 4) is 0 Å². The second-order valence-electron chi connectivity index (χ2n) is 3.94. The number of hydrogen-bond acceptors (Lipinski definition) is 0. The van der Waals surface area contributed by atoms with Crippen molar-refractivity contribution >= 4 is 12.2 Å². The van der Waals surface area contributed by atoms with Gasteiger partial charge >= 0.3 is 0 Å². The van der Waals surface area contributed by atoms with Gasteiger partial charge in [0, 0.05) is 0 Å². The molecule has 1 aromatic carbocycles. The highest BCUT2D eigenvalue weighted by Gasteiger charge is 1.94. The fourth-order valence-electron chi connectivity index (χ4n) is 1.77. The minimum Gasteiger partial charge on any atom is -0.0911 e. The van der Waals surface area contributed by atoms with Crippen LogP contribution in [0.2, 0.25) is 0 Å². The molecule has 0 radical (unpaired) electrons. The van der Waals surface area contributed by atoms with E-state index in [0.29, 0.717) is 0 Å². The van der Waals surface area contributed by atoms with Gasteiger partial charge in [0.25, 0.3) is 0 Å². The second kappa shape index (κ2) is 5.55. The van der Waals surface area contributed by atoms with E-state index in [9.17, 15) is 0 Å². The average molecular weight is 200 g/mol. The van der Waals surface area contributed by atoms with Crippen molar-refractivity contribution in [1.29, 1.82) is 0 Å². The summed E-state index contributed by atoms with van der Waals surface area (Å²) in [6.07, 6.45) is 6.60. The molecule has 80 valence electrons. The van der Waals surface area contributed by atoms with Crippen LogP contribution in [0.1, 0.15) is 32.3 Å². The maximum atomic E-state index is 4.09. The Balaban J connectivity index is 3.46. The summed E-state index contributed by atoms with van der Waals surface area (Å²) in [4.78, 5) is 0. The normalized spacial score (nSPS) is 13.3. The Hall–Kier alpha value is -1.30. The van der Waals surface area contributed by atoms with Gasteiger partial charge in [0.15, 0.2) is 0 Å². The standard InChI is InChI=1S/C15H20/c1-5-7-14(8-6-2)15-11-12(3)9-10-13(15)4/h5,7,9-11H,4,6,8H2,1-3H3/b7-5-,15-14+. The van der Waals surface area contributed by atoms with Crippen LogP contribution in [0.25, 0.3) is 12.2 Å². The van der Waals surface area contributed by atoms with Gasteiger partial charge in [-0.1, -0.05) is 55.8 Å². The molecule has 1 rings (SSSR count). The molecule has 0 aliphatic heterocycles. The quantitative estimate of drug-likeness (QED) is 0.704. The summed E-state index contributed by atoms with van der Waals surface area (Å²) in [7, 11) is 0. The molecule has 0 saturated heterocycles. The summed E-state index contributed by atoms with van der Waals surface area (Å²) in [5.41, 5.74) is 2.70. The van der Waals surface area contributed by atoms with E-state index in [0.717, 1.165) is 11.6 Å². The lowest BCUT2D eigenvalue weighted by Crippen LogP contribution is -2.25. The third-order valence-corrected chi connectivity index (χ3v) is 2.50. The van der Waals surface area contributed by atoms with Crippen LogP contribution in [0, 0.1) is 6.92 Å². The summed E-state index contributed by atoms with van der Waals surface area (Å²) < 4.78 is 0. The van der Waals surface area contributed by atoms with Crippen LogP contribution in [0.15, 0.2) is 30.4 Å². The summed E-state index contributed by atoms with van der Waals surface area (Å²) in [6, 6.07) is 6.45. The molecule has 0 heteroatoms. The van der Waals surface area contributed by atoms with E-state index >= 15 is 0 Å². The third-order valence-electron chi connectivity index (χ3n) is 2.50. The first kappa shape index (κ1) is 11.8. The molecule has 0 bridgehead atoms. The topological polar surface area (TPSA) is 0 Å². The number of hydrogen-bond donors (Lipinski definition) is 0. The van der Waals surface area contributed by atoms with Gasteiger partial charge < -0.3 is 0 Å². The highest BCUT2D eigenvalue weighted by atomic mass is 14.0. The van der Waals surface area contributed by atoms with Crippen LogP contribution >= 0.6 is 0 Å². The molecule has 0 spiro atoms. The molecule has 0 heterocycles. The molecule has 15 heavy (non-hydrogen) atoms. The van der Waals surface area contributed by atoms with Gasteiger partial charge in [0.1, 0.15) is 0 Å². The van der Waals surface area contributed by atoms with Gasteiger partial charge in [-0.25, -0.2) is 0 Å². The maximum Gasteiger partial charge on any atom is -0.0155 e. The Morgan fingerprint density at radius 2 is 2.13 bits per heavy atom. The number of benzene rings is 1. The predicted molar refractivity (Wildman–Crippen MR) is 69.1 cm³/mol. The van der Waals surface area contributed by atoms with E-state index in [2.05, 4.69) is 57.7 Å². The van der Waals surface area contributed by atoms with Gasteiger partial charge in [-0.05, 0) is 36.3 Å². The van der Waals surface area contributed by atoms with Crippen LogP contribution in [0.3, 0.4) is 0 Å². The highest BCUT2D eigenvalue weighted by molar-refractivity contribution is 5.56. The van der Waals surface area contributed by atoms with Crippen molar-refractivity contribution in [2.24, 2.45) is 0 Å². The zero-order valence-corrected chi connectivity index (χ0v) is 10.0. The van der Waals surface area contributed by atoms with Gasteiger partial charge in [0.2, 0.25) is 0 Å². The van der Waals surface area contributed by atoms with Gasteiger partial charge in [-0.2, -0.15) is 0 Å². The summed E-state index contributed by atoms with van der Waals surface area (Å²) in [6.45, 7) is 10.5. The number of allylic oxidation sites excluding steroid dienone is 2. The molecule has 0 amide bonds. The third kappa shape index (κ3) is 3.09. The lowest BCUT2D eigenvalue weighted by molar-refractivity contribution is 0.972. The first-order valence-corrected chi connectivity index (χ1v) is 5.60. The second-order valence-corrected chi connectivity index (χ2v) is 3.94. The van der Waals surface area contributed by atoms with Crippen molar-refractivity contribution in [3.05, 3.63) is 46.4 Å². The lowest BCUT2D eigenvalue weighted by Gasteiger charge is -2.01. The van der Waals surface area contributed by atoms with Crippen molar-refractivity contribution < 1.29 is 0 Å². The minimum atomic E-state index is 1.12. The van der Waals surface area contributed by atoms with Crippen LogP contribution in [-0.2, 0) is 0 Å². The molecule has 0 nitrogen and oxygen atoms in total. The smallest absolute Gasteiger partial charge is 0.0155 e. The zero-order valence-electron chi connectivity index (χ0n) is 10.0. The Morgan fingerprint density at radius 3 is 2.73 bits per heavy atom. The Kier molecular flexibility index (Phi) is 4.36. The highest BCUT2D eigenvalue weighted by Crippen LogP contribution is 2.05. The number of aryl methyl sites for hydroxylation is 1. The van der Waals surface area contributed by atoms with Crippen LogP contribution in [0.5, 0.6) is 0 Å². The van der Waals surface area contributed by atoms with E-state index in [1.54, 1.807) is 0 Å². The van der Waals surface area contributed by atoms with Crippen molar-refractivity contribution in [2.45, 2.75) is 33.6 Å². The van der Waals surface area contributed by atoms with Crippen molar-refractivity contribution in [3.63, 3.8) is 0 Å². The van der Waals surface area contributed by atoms with E-state index in [1.165, 1.54) is 22.8 Å². The van der Waals surface area contributed by atoms with E-state index in [4.69, 9.17) is 0 Å². The van der Waals surface area contributed by atoms with Gasteiger partial charge in [-0.15, -0.1) is 0 Å². The first-order chi connectivity index (χ1) is 7.19. The molecular formula is C15H20. The molecule has 0 aliphatic carbocycles. The fourth-order valence-corrected chi connectivity index (χ4v) is 1.77. The van der Waals surface area contributed by atoms with Crippen LogP contribution < -0.4 is 10.4 Å². The van der Waals surface area contributed by atoms with Gasteiger partial charge in [0.05, 0.1) is 0 Å². The fraction of sp³-hybridized carbons (Fsp3) is 0.333. The molecule has 0 unspecified atom stereocenters. The molecule has 0 N–H and O–H groups in total. The molecule has 0 aliphatic rings. The van der Waals surface area contributed by atoms with E-state index in [-0.39, 0.29) is 0 Å². The molecular weight excluding hydrogens is 180 g/mol. The SMILES string of the molecule is C=c1ccc(C)c/c1=C(/C=C\C)CCC. The van der Waals surface area contributed by atoms with Crippen molar-refractivity contribution in [1.82, 2.24) is 0 Å². The zero-order chi connectivity index (χ0) is 11.3. The van der Waals surface area contributed by atoms with E-state index < -0.39 is 0 Å². The Morgan fingerprint density at radius 1 is 1.40 bits per heavy atom. The molecule has 0 aromatic heterocycles. The van der Waals surface area contributed by atoms with Crippen molar-refractivity contribution in [2.75, 3.05) is 0 Å². The maximum absolute atomic E-state index is 4.09. The average Bonchev–Trinajstić information content (AvgIpc) is 2.21. The Labute approximate surface area is 92.6 Å². The number of rotatable bonds is 3. The summed E-state index contributed by atoms with van der Waals surface area (Å²) in [5.74, 6) is 0. The first-order valence-electron chi connectivity index (χ1n) is 5.60. The summed E-state index contributed by atoms with van der Waals surface area (Å²) >= 11 is 0. The molecule has 1 aromatic rings. The summed E-state index contributed by atoms with van der Waals surface area (Å²) in [5, 5.41) is 2.43. The largest absolute Gasteiger partial charge is 0.0911 e. The monoisotopic (exact) mass is 200 g/mol. The minimum absolute atomic E-state index is 1.12. The predicted octanol–water partition coefficient (Wildman–Crippen LogP) is 2.93. The van der Waals surface area contributed by atoms with E-state index in [1.807, 2.05) is 0 Å². The van der Waals surface area contributed by atoms with Gasteiger partial charge in [-0.3, -0.25) is 0 Å². The Bertz CT molecular complexity index is 449. The lowest BCUT2D eigenvalue weighted by atomic mass is 10.0. The van der Waals surface area contributed by atoms with Crippen LogP contribution in [-0.4, -0.2) is 0 Å². The molecule has 0 saturated carbocycles. The molecule has 0 atom stereocenters.